The van der Waals surface area contributed by atoms with E-state index in [-0.39, 0.29) is 70.1 Å². The summed E-state index contributed by atoms with van der Waals surface area (Å²) in [5.74, 6) is -0.705. The van der Waals surface area contributed by atoms with Crippen LogP contribution in [0.1, 0.15) is 25.7 Å². The average Bonchev–Trinajstić information content (AvgIpc) is 3.28. The van der Waals surface area contributed by atoms with Gasteiger partial charge < -0.3 is 69.5 Å². The van der Waals surface area contributed by atoms with Gasteiger partial charge in [0.2, 0.25) is 17.7 Å². The van der Waals surface area contributed by atoms with Gasteiger partial charge in [0.25, 0.3) is 0 Å². The van der Waals surface area contributed by atoms with Crippen molar-refractivity contribution < 1.29 is 78.6 Å². The van der Waals surface area contributed by atoms with Crippen LogP contribution >= 0.6 is 12.6 Å². The highest BCUT2D eigenvalue weighted by Gasteiger charge is 2.50. The van der Waals surface area contributed by atoms with Crippen molar-refractivity contribution in [1.29, 1.82) is 0 Å². The van der Waals surface area contributed by atoms with Gasteiger partial charge in [0, 0.05) is 25.9 Å². The molecule has 0 aliphatic carbocycles. The maximum Gasteiger partial charge on any atom is 0.242 e. The van der Waals surface area contributed by atoms with Crippen LogP contribution in [0.25, 0.3) is 0 Å². The van der Waals surface area contributed by atoms with E-state index in [1.807, 2.05) is 0 Å². The second-order valence-corrected chi connectivity index (χ2v) is 11.6. The normalized spacial score (nSPS) is 35.1. The highest BCUT2D eigenvalue weighted by atomic mass is 32.1. The summed E-state index contributed by atoms with van der Waals surface area (Å²) >= 11 is 4.07. The fourth-order valence-corrected chi connectivity index (χ4v) is 5.34. The number of imide groups is 1. The van der Waals surface area contributed by atoms with E-state index in [0.29, 0.717) is 19.4 Å². The van der Waals surface area contributed by atoms with Crippen LogP contribution in [0, 0.1) is 0 Å². The Labute approximate surface area is 270 Å². The summed E-state index contributed by atoms with van der Waals surface area (Å²) in [6.07, 6.45) is -13.9. The van der Waals surface area contributed by atoms with Crippen molar-refractivity contribution in [3.05, 3.63) is 0 Å². The molecule has 3 fully saturated rings. The Kier molecular flexibility index (Phi) is 16.4. The molecule has 0 bridgehead atoms. The van der Waals surface area contributed by atoms with Crippen molar-refractivity contribution in [2.45, 2.75) is 92.3 Å². The zero-order valence-electron chi connectivity index (χ0n) is 25.2. The highest BCUT2D eigenvalue weighted by Crippen LogP contribution is 2.29. The molecule has 3 saturated heterocycles. The third kappa shape index (κ3) is 10.7. The third-order valence-corrected chi connectivity index (χ3v) is 8.07. The molecular weight excluding hydrogens is 640 g/mol. The Morgan fingerprint density at radius 3 is 2.11 bits per heavy atom. The first-order chi connectivity index (χ1) is 22.0. The Bertz CT molecular complexity index is 963. The second-order valence-electron chi connectivity index (χ2n) is 11.0. The Balaban J connectivity index is 1.22. The Morgan fingerprint density at radius 1 is 0.826 bits per heavy atom. The van der Waals surface area contributed by atoms with E-state index in [1.54, 1.807) is 0 Å². The molecule has 3 aliphatic rings. The highest BCUT2D eigenvalue weighted by molar-refractivity contribution is 7.81. The minimum Gasteiger partial charge on any atom is -0.394 e. The van der Waals surface area contributed by atoms with Crippen molar-refractivity contribution in [3.63, 3.8) is 0 Å². The first-order valence-electron chi connectivity index (χ1n) is 15.1. The van der Waals surface area contributed by atoms with Gasteiger partial charge in [0.05, 0.1) is 51.5 Å². The van der Waals surface area contributed by atoms with Crippen LogP contribution in [-0.4, -0.2) is 184 Å². The summed E-state index contributed by atoms with van der Waals surface area (Å²) in [5.41, 5.74) is 0. The number of carbonyl (C=O) groups excluding carboxylic acids is 3. The van der Waals surface area contributed by atoms with Gasteiger partial charge in [0.1, 0.15) is 48.8 Å². The molecule has 3 aliphatic heterocycles. The summed E-state index contributed by atoms with van der Waals surface area (Å²) in [4.78, 5) is 36.7. The average molecular weight is 687 g/mol. The van der Waals surface area contributed by atoms with Crippen molar-refractivity contribution in [2.75, 3.05) is 59.3 Å². The summed E-state index contributed by atoms with van der Waals surface area (Å²) in [5, 5.41) is 72.4. The van der Waals surface area contributed by atoms with Crippen LogP contribution < -0.4 is 5.32 Å². The molecule has 3 amide bonds. The van der Waals surface area contributed by atoms with Crippen LogP contribution in [0.4, 0.5) is 0 Å². The molecule has 0 unspecified atom stereocenters. The summed E-state index contributed by atoms with van der Waals surface area (Å²) < 4.78 is 32.5. The van der Waals surface area contributed by atoms with E-state index < -0.39 is 79.9 Å². The lowest BCUT2D eigenvalue weighted by molar-refractivity contribution is -0.359. The minimum atomic E-state index is -1.76. The van der Waals surface area contributed by atoms with E-state index in [2.05, 4.69) is 17.9 Å². The standard InChI is InChI=1S/C27H46N2O16S/c30-12-14-19(34)20(35)22(37)27(43-14)45-24-15(13-31)44-26(23(38)21(24)36)42-10-9-41-8-7-40-6-4-28-17(32)3-1-2-5-29-18(33)11-16(46)25(29)39/h14-16,19-24,26-27,30-31,34-38,46H,1-13H2,(H,28,32)/t14-,15-,16+,19+,20-,21-,22+,23+,24-,26+,27-/m1/s1. The van der Waals surface area contributed by atoms with E-state index in [9.17, 15) is 50.1 Å². The van der Waals surface area contributed by atoms with E-state index in [4.69, 9.17) is 28.4 Å². The number of rotatable bonds is 19. The molecule has 46 heavy (non-hydrogen) atoms. The number of amides is 3. The molecule has 0 aromatic heterocycles. The maximum absolute atomic E-state index is 11.9. The number of aliphatic hydroxyl groups excluding tert-OH is 7. The quantitative estimate of drug-likeness (QED) is 0.0350. The number of hydrogen-bond acceptors (Lipinski definition) is 17. The predicted octanol–water partition coefficient (Wildman–Crippen LogP) is -5.00. The molecule has 8 N–H and O–H groups in total. The fourth-order valence-electron chi connectivity index (χ4n) is 5.05. The van der Waals surface area contributed by atoms with Gasteiger partial charge >= 0.3 is 0 Å². The number of thiol groups is 1. The number of ether oxygens (including phenoxy) is 6. The minimum absolute atomic E-state index is 0.0593. The van der Waals surface area contributed by atoms with Crippen LogP contribution in [-0.2, 0) is 42.8 Å². The molecular formula is C27H46N2O16S. The molecule has 0 aromatic rings. The first kappa shape index (κ1) is 38.9. The van der Waals surface area contributed by atoms with Gasteiger partial charge in [-0.1, -0.05) is 0 Å². The van der Waals surface area contributed by atoms with Gasteiger partial charge in [0.15, 0.2) is 12.6 Å². The monoisotopic (exact) mass is 686 g/mol. The number of nitrogens with one attached hydrogen (secondary N) is 1. The molecule has 3 heterocycles. The summed E-state index contributed by atoms with van der Waals surface area (Å²) in [6.45, 7) is -0.123. The molecule has 11 atom stereocenters. The van der Waals surface area contributed by atoms with Crippen LogP contribution in [0.3, 0.4) is 0 Å². The van der Waals surface area contributed by atoms with Gasteiger partial charge in [-0.3, -0.25) is 19.3 Å². The van der Waals surface area contributed by atoms with Crippen LogP contribution in [0.5, 0.6) is 0 Å². The molecule has 3 rings (SSSR count). The SMILES string of the molecule is O=C(CCCCN1C(=O)C[C@H](S)C1=O)NCCOCCOCCO[C@H]1O[C@H](CO)[C@@H](O[C@H]2O[C@H](CO)[C@H](O)[C@@H](O)[C@@H]2O)[C@H](O)[C@@H]1O. The summed E-state index contributed by atoms with van der Waals surface area (Å²) in [7, 11) is 0. The van der Waals surface area contributed by atoms with Crippen molar-refractivity contribution in [1.82, 2.24) is 10.2 Å². The van der Waals surface area contributed by atoms with Gasteiger partial charge in [-0.05, 0) is 12.8 Å². The molecule has 0 saturated carbocycles. The van der Waals surface area contributed by atoms with Crippen molar-refractivity contribution in [3.8, 4) is 0 Å². The molecule has 0 spiro atoms. The van der Waals surface area contributed by atoms with Crippen LogP contribution in [0.2, 0.25) is 0 Å². The van der Waals surface area contributed by atoms with E-state index >= 15 is 0 Å². The zero-order chi connectivity index (χ0) is 33.8. The molecule has 18 nitrogen and oxygen atoms in total. The molecule has 266 valence electrons. The Morgan fingerprint density at radius 2 is 1.46 bits per heavy atom. The Hall–Kier alpha value is -1.56. The zero-order valence-corrected chi connectivity index (χ0v) is 26.1. The van der Waals surface area contributed by atoms with E-state index in [1.165, 1.54) is 4.90 Å². The topological polar surface area (TPSA) is 263 Å². The summed E-state index contributed by atoms with van der Waals surface area (Å²) in [6, 6.07) is 0. The van der Waals surface area contributed by atoms with Crippen LogP contribution in [0.15, 0.2) is 0 Å². The first-order valence-corrected chi connectivity index (χ1v) is 15.7. The number of likely N-dealkylation sites (tertiary alicyclic amines) is 1. The number of nitrogens with zero attached hydrogens (tertiary/aromatic N) is 1. The van der Waals surface area contributed by atoms with Gasteiger partial charge in [-0.2, -0.15) is 12.6 Å². The third-order valence-electron chi connectivity index (χ3n) is 7.67. The second kappa shape index (κ2) is 19.4. The smallest absolute Gasteiger partial charge is 0.242 e. The van der Waals surface area contributed by atoms with Gasteiger partial charge in [-0.15, -0.1) is 0 Å². The lowest BCUT2D eigenvalue weighted by Crippen LogP contribution is -2.64. The lowest BCUT2D eigenvalue weighted by atomic mass is 9.97. The lowest BCUT2D eigenvalue weighted by Gasteiger charge is -2.45. The fraction of sp³-hybridized carbons (Fsp3) is 0.889. The maximum atomic E-state index is 11.9. The number of unbranched alkanes of at least 4 members (excludes halogenated alkanes) is 1. The largest absolute Gasteiger partial charge is 0.394 e. The van der Waals surface area contributed by atoms with E-state index in [0.717, 1.165) is 0 Å². The predicted molar refractivity (Wildman–Crippen MR) is 155 cm³/mol. The molecule has 19 heteroatoms. The van der Waals surface area contributed by atoms with Gasteiger partial charge in [-0.25, -0.2) is 0 Å². The number of aliphatic hydroxyl groups is 7. The van der Waals surface area contributed by atoms with Crippen molar-refractivity contribution in [2.24, 2.45) is 0 Å². The molecule has 0 radical (unpaired) electrons. The number of hydrogen-bond donors (Lipinski definition) is 9. The van der Waals surface area contributed by atoms with Crippen molar-refractivity contribution >= 4 is 30.4 Å². The molecule has 0 aromatic carbocycles. The number of carbonyl (C=O) groups is 3.